The van der Waals surface area contributed by atoms with Crippen molar-refractivity contribution >= 4 is 11.8 Å². The Morgan fingerprint density at radius 3 is 2.76 bits per heavy atom. The average molecular weight is 251 g/mol. The van der Waals surface area contributed by atoms with Gasteiger partial charge < -0.3 is 10.5 Å². The Kier molecular flexibility index (Phi) is 4.75. The summed E-state index contributed by atoms with van der Waals surface area (Å²) in [6.07, 6.45) is 3.60. The zero-order chi connectivity index (χ0) is 12.1. The standard InChI is InChI=1S/C14H21NOS/c1-2-9-16-12-7-5-11(6-8-12)14(15)13-4-3-10-17-13/h5-8,13-14H,2-4,9-10,15H2,1H3. The van der Waals surface area contributed by atoms with Gasteiger partial charge in [-0.2, -0.15) is 11.8 Å². The summed E-state index contributed by atoms with van der Waals surface area (Å²) in [5, 5.41) is 0.595. The zero-order valence-electron chi connectivity index (χ0n) is 10.4. The van der Waals surface area contributed by atoms with Gasteiger partial charge in [0.05, 0.1) is 6.61 Å². The normalized spacial score (nSPS) is 21.4. The zero-order valence-corrected chi connectivity index (χ0v) is 11.2. The molecule has 2 unspecified atom stereocenters. The van der Waals surface area contributed by atoms with E-state index in [4.69, 9.17) is 10.5 Å². The Morgan fingerprint density at radius 2 is 2.18 bits per heavy atom. The smallest absolute Gasteiger partial charge is 0.119 e. The Hall–Kier alpha value is -0.670. The second kappa shape index (κ2) is 6.31. The molecule has 1 fully saturated rings. The van der Waals surface area contributed by atoms with Crippen LogP contribution in [0.1, 0.15) is 37.8 Å². The van der Waals surface area contributed by atoms with Crippen molar-refractivity contribution in [1.82, 2.24) is 0 Å². The molecule has 2 atom stereocenters. The highest BCUT2D eigenvalue weighted by atomic mass is 32.2. The largest absolute Gasteiger partial charge is 0.494 e. The molecule has 0 radical (unpaired) electrons. The Labute approximate surface area is 108 Å². The molecule has 0 aliphatic carbocycles. The molecule has 1 aliphatic rings. The van der Waals surface area contributed by atoms with Gasteiger partial charge in [-0.15, -0.1) is 0 Å². The highest BCUT2D eigenvalue weighted by Gasteiger charge is 2.23. The van der Waals surface area contributed by atoms with Crippen LogP contribution in [0, 0.1) is 0 Å². The molecule has 94 valence electrons. The number of ether oxygens (including phenoxy) is 1. The van der Waals surface area contributed by atoms with Crippen molar-refractivity contribution in [3.05, 3.63) is 29.8 Å². The molecule has 17 heavy (non-hydrogen) atoms. The molecule has 1 saturated heterocycles. The maximum Gasteiger partial charge on any atom is 0.119 e. The molecule has 1 aliphatic heterocycles. The predicted octanol–water partition coefficient (Wildman–Crippen LogP) is 3.37. The number of rotatable bonds is 5. The molecule has 0 spiro atoms. The summed E-state index contributed by atoms with van der Waals surface area (Å²) in [6, 6.07) is 8.45. The van der Waals surface area contributed by atoms with Gasteiger partial charge in [0.1, 0.15) is 5.75 Å². The van der Waals surface area contributed by atoms with Crippen molar-refractivity contribution in [2.45, 2.75) is 37.5 Å². The molecule has 0 saturated carbocycles. The maximum absolute atomic E-state index is 6.29. The van der Waals surface area contributed by atoms with Crippen LogP contribution in [0.25, 0.3) is 0 Å². The van der Waals surface area contributed by atoms with Crippen LogP contribution in [-0.2, 0) is 0 Å². The summed E-state index contributed by atoms with van der Waals surface area (Å²) in [5.41, 5.74) is 7.52. The van der Waals surface area contributed by atoms with E-state index in [2.05, 4.69) is 19.1 Å². The van der Waals surface area contributed by atoms with Crippen molar-refractivity contribution in [3.63, 3.8) is 0 Å². The van der Waals surface area contributed by atoms with E-state index in [0.717, 1.165) is 18.8 Å². The fraction of sp³-hybridized carbons (Fsp3) is 0.571. The third kappa shape index (κ3) is 3.39. The van der Waals surface area contributed by atoms with Crippen LogP contribution in [0.3, 0.4) is 0 Å². The Morgan fingerprint density at radius 1 is 1.41 bits per heavy atom. The minimum Gasteiger partial charge on any atom is -0.494 e. The van der Waals surface area contributed by atoms with Crippen LogP contribution in [0.15, 0.2) is 24.3 Å². The van der Waals surface area contributed by atoms with Gasteiger partial charge in [0.25, 0.3) is 0 Å². The number of hydrogen-bond donors (Lipinski definition) is 1. The summed E-state index contributed by atoms with van der Waals surface area (Å²) >= 11 is 2.01. The van der Waals surface area contributed by atoms with Crippen LogP contribution in [-0.4, -0.2) is 17.6 Å². The third-order valence-electron chi connectivity index (χ3n) is 3.10. The van der Waals surface area contributed by atoms with Crippen LogP contribution >= 0.6 is 11.8 Å². The van der Waals surface area contributed by atoms with Crippen LogP contribution in [0.4, 0.5) is 0 Å². The summed E-state index contributed by atoms with van der Waals surface area (Å²) in [5.74, 6) is 2.21. The molecule has 1 heterocycles. The Balaban J connectivity index is 1.96. The average Bonchev–Trinajstić information content (AvgIpc) is 2.90. The SMILES string of the molecule is CCCOc1ccc(C(N)C2CCCS2)cc1. The van der Waals surface area contributed by atoms with Crippen molar-refractivity contribution in [3.8, 4) is 5.75 Å². The number of hydrogen-bond acceptors (Lipinski definition) is 3. The topological polar surface area (TPSA) is 35.2 Å². The van der Waals surface area contributed by atoms with E-state index in [1.165, 1.54) is 24.2 Å². The number of thioether (sulfide) groups is 1. The first-order valence-electron chi connectivity index (χ1n) is 6.41. The monoisotopic (exact) mass is 251 g/mol. The number of benzene rings is 1. The summed E-state index contributed by atoms with van der Waals surface area (Å²) in [7, 11) is 0. The summed E-state index contributed by atoms with van der Waals surface area (Å²) in [6.45, 7) is 2.89. The minimum absolute atomic E-state index is 0.169. The second-order valence-electron chi connectivity index (χ2n) is 4.49. The van der Waals surface area contributed by atoms with Gasteiger partial charge in [0.2, 0.25) is 0 Å². The van der Waals surface area contributed by atoms with Crippen molar-refractivity contribution in [2.75, 3.05) is 12.4 Å². The first kappa shape index (κ1) is 12.8. The molecule has 2 nitrogen and oxygen atoms in total. The second-order valence-corrected chi connectivity index (χ2v) is 5.84. The minimum atomic E-state index is 0.169. The fourth-order valence-electron chi connectivity index (χ4n) is 2.11. The van der Waals surface area contributed by atoms with E-state index >= 15 is 0 Å². The highest BCUT2D eigenvalue weighted by molar-refractivity contribution is 8.00. The molecule has 0 bridgehead atoms. The van der Waals surface area contributed by atoms with Crippen molar-refractivity contribution < 1.29 is 4.74 Å². The van der Waals surface area contributed by atoms with Crippen molar-refractivity contribution in [1.29, 1.82) is 0 Å². The van der Waals surface area contributed by atoms with Gasteiger partial charge >= 0.3 is 0 Å². The fourth-order valence-corrected chi connectivity index (χ4v) is 3.44. The van der Waals surface area contributed by atoms with Crippen molar-refractivity contribution in [2.24, 2.45) is 5.73 Å². The summed E-state index contributed by atoms with van der Waals surface area (Å²) in [4.78, 5) is 0. The van der Waals surface area contributed by atoms with Gasteiger partial charge in [-0.05, 0) is 42.7 Å². The van der Waals surface area contributed by atoms with Crippen LogP contribution < -0.4 is 10.5 Å². The molecule has 2 rings (SSSR count). The first-order valence-corrected chi connectivity index (χ1v) is 7.46. The lowest BCUT2D eigenvalue weighted by Gasteiger charge is -2.18. The molecule has 1 aromatic rings. The molecule has 3 heteroatoms. The molecule has 0 amide bonds. The first-order chi connectivity index (χ1) is 8.31. The van der Waals surface area contributed by atoms with Crippen LogP contribution in [0.5, 0.6) is 5.75 Å². The predicted molar refractivity (Wildman–Crippen MR) is 74.6 cm³/mol. The van der Waals surface area contributed by atoms with Gasteiger partial charge in [-0.1, -0.05) is 19.1 Å². The molecular formula is C14H21NOS. The highest BCUT2D eigenvalue weighted by Crippen LogP contribution is 2.34. The van der Waals surface area contributed by atoms with Crippen LogP contribution in [0.2, 0.25) is 0 Å². The third-order valence-corrected chi connectivity index (χ3v) is 4.58. The number of nitrogens with two attached hydrogens (primary N) is 1. The van der Waals surface area contributed by atoms with E-state index in [0.29, 0.717) is 5.25 Å². The summed E-state index contributed by atoms with van der Waals surface area (Å²) < 4.78 is 5.57. The van der Waals surface area contributed by atoms with Gasteiger partial charge in [0, 0.05) is 11.3 Å². The molecular weight excluding hydrogens is 230 g/mol. The lowest BCUT2D eigenvalue weighted by Crippen LogP contribution is -2.21. The maximum atomic E-state index is 6.29. The molecule has 0 aromatic heterocycles. The quantitative estimate of drug-likeness (QED) is 0.871. The van der Waals surface area contributed by atoms with Gasteiger partial charge in [0.15, 0.2) is 0 Å². The van der Waals surface area contributed by atoms with E-state index < -0.39 is 0 Å². The van der Waals surface area contributed by atoms with Gasteiger partial charge in [-0.25, -0.2) is 0 Å². The van der Waals surface area contributed by atoms with E-state index in [9.17, 15) is 0 Å². The molecule has 1 aromatic carbocycles. The lowest BCUT2D eigenvalue weighted by atomic mass is 10.0. The van der Waals surface area contributed by atoms with Gasteiger partial charge in [-0.3, -0.25) is 0 Å². The Bertz CT molecular complexity index is 333. The van der Waals surface area contributed by atoms with E-state index in [1.807, 2.05) is 23.9 Å². The van der Waals surface area contributed by atoms with E-state index in [1.54, 1.807) is 0 Å². The molecule has 2 N–H and O–H groups in total. The van der Waals surface area contributed by atoms with E-state index in [-0.39, 0.29) is 6.04 Å². The lowest BCUT2D eigenvalue weighted by molar-refractivity contribution is 0.317.